The molecule has 13 heavy (non-hydrogen) atoms. The molecular formula is C11H17NO. The average Bonchev–Trinajstić information content (AvgIpc) is 2.51. The molecule has 2 aliphatic rings. The normalized spacial score (nSPS) is 40.5. The number of nitrogens with one attached hydrogen (secondary N) is 1. The number of hydrogen-bond acceptors (Lipinski definition) is 2. The first-order valence-electron chi connectivity index (χ1n) is 4.96. The highest BCUT2D eigenvalue weighted by atomic mass is 16.5. The predicted molar refractivity (Wildman–Crippen MR) is 52.3 cm³/mol. The van der Waals surface area contributed by atoms with Crippen molar-refractivity contribution in [2.24, 2.45) is 11.3 Å². The minimum absolute atomic E-state index is 0.262. The van der Waals surface area contributed by atoms with Crippen LogP contribution in [0, 0.1) is 23.7 Å². The van der Waals surface area contributed by atoms with Gasteiger partial charge >= 0.3 is 0 Å². The van der Waals surface area contributed by atoms with Crippen LogP contribution in [0.2, 0.25) is 0 Å². The second-order valence-corrected chi connectivity index (χ2v) is 4.63. The van der Waals surface area contributed by atoms with Crippen molar-refractivity contribution >= 4 is 0 Å². The second kappa shape index (κ2) is 3.01. The van der Waals surface area contributed by atoms with E-state index >= 15 is 0 Å². The summed E-state index contributed by atoms with van der Waals surface area (Å²) in [6.45, 7) is 6.12. The summed E-state index contributed by atoms with van der Waals surface area (Å²) in [5, 5.41) is 3.41. The smallest absolute Gasteiger partial charge is 0.0685 e. The number of rotatable bonds is 2. The summed E-state index contributed by atoms with van der Waals surface area (Å²) in [6.07, 6.45) is 6.89. The van der Waals surface area contributed by atoms with E-state index in [-0.39, 0.29) is 5.41 Å². The fraction of sp³-hybridized carbons (Fsp3) is 0.818. The molecule has 72 valence electrons. The van der Waals surface area contributed by atoms with Gasteiger partial charge in [0.1, 0.15) is 0 Å². The van der Waals surface area contributed by atoms with Crippen LogP contribution in [0.4, 0.5) is 0 Å². The van der Waals surface area contributed by atoms with E-state index in [2.05, 4.69) is 25.1 Å². The van der Waals surface area contributed by atoms with E-state index < -0.39 is 0 Å². The van der Waals surface area contributed by atoms with Crippen LogP contribution in [0.3, 0.4) is 0 Å². The maximum Gasteiger partial charge on any atom is 0.0685 e. The Morgan fingerprint density at radius 2 is 2.38 bits per heavy atom. The van der Waals surface area contributed by atoms with Crippen LogP contribution in [0.25, 0.3) is 0 Å². The van der Waals surface area contributed by atoms with Crippen molar-refractivity contribution in [2.75, 3.05) is 13.2 Å². The molecule has 0 aromatic rings. The van der Waals surface area contributed by atoms with Crippen LogP contribution >= 0.6 is 0 Å². The molecule has 0 spiro atoms. The largest absolute Gasteiger partial charge is 0.377 e. The summed E-state index contributed by atoms with van der Waals surface area (Å²) in [5.41, 5.74) is 0.262. The van der Waals surface area contributed by atoms with Crippen molar-refractivity contribution in [1.82, 2.24) is 5.32 Å². The van der Waals surface area contributed by atoms with E-state index in [1.807, 2.05) is 0 Å². The van der Waals surface area contributed by atoms with E-state index in [4.69, 9.17) is 11.2 Å². The minimum Gasteiger partial charge on any atom is -0.377 e. The Labute approximate surface area is 80.0 Å². The lowest BCUT2D eigenvalue weighted by Crippen LogP contribution is -2.65. The van der Waals surface area contributed by atoms with Gasteiger partial charge in [-0.15, -0.1) is 6.42 Å². The molecule has 1 aliphatic heterocycles. The molecule has 1 aliphatic carbocycles. The Balaban J connectivity index is 2.00. The summed E-state index contributed by atoms with van der Waals surface area (Å²) < 4.78 is 5.69. The predicted octanol–water partition coefficient (Wildman–Crippen LogP) is 1.02. The van der Waals surface area contributed by atoms with Gasteiger partial charge in [-0.3, -0.25) is 0 Å². The Morgan fingerprint density at radius 3 is 3.08 bits per heavy atom. The monoisotopic (exact) mass is 179 g/mol. The van der Waals surface area contributed by atoms with E-state index in [0.29, 0.717) is 24.6 Å². The van der Waals surface area contributed by atoms with Gasteiger partial charge < -0.3 is 10.1 Å². The summed E-state index contributed by atoms with van der Waals surface area (Å²) in [5.74, 6) is 3.33. The fourth-order valence-electron chi connectivity index (χ4n) is 2.91. The Morgan fingerprint density at radius 1 is 1.62 bits per heavy atom. The maximum absolute atomic E-state index is 5.69. The molecule has 3 unspecified atom stereocenters. The van der Waals surface area contributed by atoms with Crippen LogP contribution in [0.15, 0.2) is 0 Å². The third-order valence-corrected chi connectivity index (χ3v) is 3.52. The zero-order valence-electron chi connectivity index (χ0n) is 8.34. The summed E-state index contributed by atoms with van der Waals surface area (Å²) in [4.78, 5) is 0. The van der Waals surface area contributed by atoms with Crippen LogP contribution in [-0.4, -0.2) is 25.3 Å². The lowest BCUT2D eigenvalue weighted by atomic mass is 9.57. The van der Waals surface area contributed by atoms with Gasteiger partial charge in [0.05, 0.1) is 12.6 Å². The van der Waals surface area contributed by atoms with Crippen molar-refractivity contribution in [2.45, 2.75) is 32.4 Å². The number of fused-ring (bicyclic) bond motifs is 1. The number of ether oxygens (including phenoxy) is 1. The molecule has 0 amide bonds. The summed E-state index contributed by atoms with van der Waals surface area (Å²) in [6, 6.07) is 0.552. The summed E-state index contributed by atoms with van der Waals surface area (Å²) >= 11 is 0. The lowest BCUT2D eigenvalue weighted by Gasteiger charge is -2.54. The quantitative estimate of drug-likeness (QED) is 0.639. The third-order valence-electron chi connectivity index (χ3n) is 3.52. The molecule has 1 N–H and O–H groups in total. The Hall–Kier alpha value is -0.520. The SMILES string of the molecule is C#CCNC1C2CCOC2C1(C)C. The van der Waals surface area contributed by atoms with Gasteiger partial charge in [-0.2, -0.15) is 0 Å². The highest BCUT2D eigenvalue weighted by molar-refractivity contribution is 5.12. The third kappa shape index (κ3) is 1.19. The van der Waals surface area contributed by atoms with E-state index in [9.17, 15) is 0 Å². The standard InChI is InChI=1S/C11H17NO/c1-4-6-12-9-8-5-7-13-10(8)11(9,2)3/h1,8-10,12H,5-7H2,2-3H3. The van der Waals surface area contributed by atoms with Gasteiger partial charge in [-0.25, -0.2) is 0 Å². The molecule has 0 radical (unpaired) electrons. The molecule has 2 rings (SSSR count). The van der Waals surface area contributed by atoms with Crippen LogP contribution in [0.5, 0.6) is 0 Å². The minimum atomic E-state index is 0.262. The van der Waals surface area contributed by atoms with Crippen molar-refractivity contribution in [3.63, 3.8) is 0 Å². The molecule has 3 atom stereocenters. The Kier molecular flexibility index (Phi) is 2.09. The molecule has 1 heterocycles. The number of terminal acetylenes is 1. The van der Waals surface area contributed by atoms with Crippen molar-refractivity contribution in [3.8, 4) is 12.3 Å². The molecule has 1 saturated carbocycles. The highest BCUT2D eigenvalue weighted by Crippen LogP contribution is 2.51. The van der Waals surface area contributed by atoms with Gasteiger partial charge in [-0.05, 0) is 6.42 Å². The molecular weight excluding hydrogens is 162 g/mol. The van der Waals surface area contributed by atoms with Gasteiger partial charge in [0.2, 0.25) is 0 Å². The van der Waals surface area contributed by atoms with Gasteiger partial charge in [0, 0.05) is 24.0 Å². The molecule has 0 aromatic heterocycles. The van der Waals surface area contributed by atoms with Crippen molar-refractivity contribution in [3.05, 3.63) is 0 Å². The molecule has 0 bridgehead atoms. The maximum atomic E-state index is 5.69. The zero-order valence-corrected chi connectivity index (χ0v) is 8.34. The molecule has 1 saturated heterocycles. The van der Waals surface area contributed by atoms with Crippen LogP contribution in [0.1, 0.15) is 20.3 Å². The van der Waals surface area contributed by atoms with Gasteiger partial charge in [0.15, 0.2) is 0 Å². The highest BCUT2D eigenvalue weighted by Gasteiger charge is 2.58. The van der Waals surface area contributed by atoms with Gasteiger partial charge in [0.25, 0.3) is 0 Å². The topological polar surface area (TPSA) is 21.3 Å². The van der Waals surface area contributed by atoms with Gasteiger partial charge in [-0.1, -0.05) is 19.8 Å². The fourth-order valence-corrected chi connectivity index (χ4v) is 2.91. The van der Waals surface area contributed by atoms with E-state index in [1.54, 1.807) is 0 Å². The van der Waals surface area contributed by atoms with E-state index in [0.717, 1.165) is 6.61 Å². The zero-order chi connectivity index (χ0) is 9.47. The first-order valence-corrected chi connectivity index (χ1v) is 4.96. The van der Waals surface area contributed by atoms with E-state index in [1.165, 1.54) is 6.42 Å². The molecule has 2 fully saturated rings. The molecule has 2 heteroatoms. The molecule has 0 aromatic carbocycles. The Bertz CT molecular complexity index is 241. The van der Waals surface area contributed by atoms with Crippen LogP contribution in [-0.2, 0) is 4.74 Å². The lowest BCUT2D eigenvalue weighted by molar-refractivity contribution is -0.111. The number of hydrogen-bond donors (Lipinski definition) is 1. The summed E-state index contributed by atoms with van der Waals surface area (Å²) in [7, 11) is 0. The second-order valence-electron chi connectivity index (χ2n) is 4.63. The first-order chi connectivity index (χ1) is 6.18. The first kappa shape index (κ1) is 9.05. The van der Waals surface area contributed by atoms with Crippen LogP contribution < -0.4 is 5.32 Å². The van der Waals surface area contributed by atoms with Crippen molar-refractivity contribution < 1.29 is 4.74 Å². The average molecular weight is 179 g/mol. The van der Waals surface area contributed by atoms with Crippen molar-refractivity contribution in [1.29, 1.82) is 0 Å². The molecule has 2 nitrogen and oxygen atoms in total.